The number of carbonyl (C=O) groups is 1. The standard InChI is InChI=1S/C17H14Cl2O/c18-14-7-8-15(16(19)10-14)17(20)13-6-5-11-3-1-2-4-12(11)9-13/h5-10H,1-4H2. The number of ketones is 1. The number of carbonyl (C=O) groups excluding carboxylic acids is 1. The fourth-order valence-electron chi connectivity index (χ4n) is 2.70. The minimum absolute atomic E-state index is 0.0416. The first-order chi connectivity index (χ1) is 9.65. The summed E-state index contributed by atoms with van der Waals surface area (Å²) in [6.07, 6.45) is 4.62. The van der Waals surface area contributed by atoms with Gasteiger partial charge in [0.2, 0.25) is 0 Å². The van der Waals surface area contributed by atoms with Crippen molar-refractivity contribution < 1.29 is 4.79 Å². The zero-order valence-electron chi connectivity index (χ0n) is 11.0. The van der Waals surface area contributed by atoms with E-state index >= 15 is 0 Å². The summed E-state index contributed by atoms with van der Waals surface area (Å²) in [5.74, 6) is -0.0416. The number of aryl methyl sites for hydroxylation is 2. The summed E-state index contributed by atoms with van der Waals surface area (Å²) in [5, 5.41) is 0.942. The maximum absolute atomic E-state index is 12.5. The van der Waals surface area contributed by atoms with Crippen LogP contribution in [0.25, 0.3) is 0 Å². The average Bonchev–Trinajstić information content (AvgIpc) is 2.46. The predicted octanol–water partition coefficient (Wildman–Crippen LogP) is 5.10. The zero-order valence-corrected chi connectivity index (χ0v) is 12.5. The first-order valence-corrected chi connectivity index (χ1v) is 7.52. The molecule has 0 amide bonds. The molecule has 102 valence electrons. The van der Waals surface area contributed by atoms with Crippen molar-refractivity contribution in [3.8, 4) is 0 Å². The van der Waals surface area contributed by atoms with Crippen molar-refractivity contribution in [2.75, 3.05) is 0 Å². The Bertz CT molecular complexity index is 677. The number of hydrogen-bond donors (Lipinski definition) is 0. The minimum Gasteiger partial charge on any atom is -0.289 e. The van der Waals surface area contributed by atoms with E-state index in [4.69, 9.17) is 23.2 Å². The highest BCUT2D eigenvalue weighted by atomic mass is 35.5. The van der Waals surface area contributed by atoms with Crippen LogP contribution in [0.3, 0.4) is 0 Å². The molecule has 0 atom stereocenters. The topological polar surface area (TPSA) is 17.1 Å². The van der Waals surface area contributed by atoms with E-state index in [9.17, 15) is 4.79 Å². The first-order valence-electron chi connectivity index (χ1n) is 6.77. The van der Waals surface area contributed by atoms with E-state index in [2.05, 4.69) is 6.07 Å². The number of fused-ring (bicyclic) bond motifs is 1. The molecule has 0 aliphatic heterocycles. The van der Waals surface area contributed by atoms with E-state index in [-0.39, 0.29) is 5.78 Å². The Morgan fingerprint density at radius 1 is 0.900 bits per heavy atom. The van der Waals surface area contributed by atoms with Crippen molar-refractivity contribution in [1.82, 2.24) is 0 Å². The number of benzene rings is 2. The van der Waals surface area contributed by atoms with Gasteiger partial charge in [-0.05, 0) is 61.1 Å². The molecule has 3 heteroatoms. The molecule has 0 bridgehead atoms. The van der Waals surface area contributed by atoms with Crippen LogP contribution >= 0.6 is 23.2 Å². The van der Waals surface area contributed by atoms with Crippen molar-refractivity contribution in [1.29, 1.82) is 0 Å². The molecule has 2 aromatic rings. The van der Waals surface area contributed by atoms with E-state index in [0.29, 0.717) is 21.2 Å². The van der Waals surface area contributed by atoms with Crippen LogP contribution < -0.4 is 0 Å². The lowest BCUT2D eigenvalue weighted by Gasteiger charge is -2.16. The molecule has 0 aromatic heterocycles. The lowest BCUT2D eigenvalue weighted by molar-refractivity contribution is 0.103. The van der Waals surface area contributed by atoms with Gasteiger partial charge in [-0.15, -0.1) is 0 Å². The van der Waals surface area contributed by atoms with Gasteiger partial charge in [0, 0.05) is 16.1 Å². The SMILES string of the molecule is O=C(c1ccc2c(c1)CCCC2)c1ccc(Cl)cc1Cl. The van der Waals surface area contributed by atoms with Crippen LogP contribution in [-0.2, 0) is 12.8 Å². The third kappa shape index (κ3) is 2.61. The second-order valence-electron chi connectivity index (χ2n) is 5.14. The van der Waals surface area contributed by atoms with Gasteiger partial charge in [0.25, 0.3) is 0 Å². The van der Waals surface area contributed by atoms with E-state index in [0.717, 1.165) is 12.8 Å². The summed E-state index contributed by atoms with van der Waals surface area (Å²) in [5.41, 5.74) is 3.88. The normalized spacial score (nSPS) is 13.9. The van der Waals surface area contributed by atoms with Crippen molar-refractivity contribution in [3.63, 3.8) is 0 Å². The smallest absolute Gasteiger partial charge is 0.194 e. The predicted molar refractivity (Wildman–Crippen MR) is 83.0 cm³/mol. The molecule has 1 aliphatic carbocycles. The molecule has 2 aromatic carbocycles. The Labute approximate surface area is 128 Å². The molecule has 0 fully saturated rings. The second-order valence-corrected chi connectivity index (χ2v) is 5.99. The fourth-order valence-corrected chi connectivity index (χ4v) is 3.20. The Kier molecular flexibility index (Phi) is 3.82. The van der Waals surface area contributed by atoms with Gasteiger partial charge < -0.3 is 0 Å². The maximum Gasteiger partial charge on any atom is 0.194 e. The molecule has 0 unspecified atom stereocenters. The monoisotopic (exact) mass is 304 g/mol. The summed E-state index contributed by atoms with van der Waals surface area (Å²) >= 11 is 12.0. The fraction of sp³-hybridized carbons (Fsp3) is 0.235. The Hall–Kier alpha value is -1.31. The van der Waals surface area contributed by atoms with Crippen LogP contribution in [0.5, 0.6) is 0 Å². The lowest BCUT2D eigenvalue weighted by atomic mass is 9.89. The molecule has 0 saturated heterocycles. The molecule has 1 nitrogen and oxygen atoms in total. The third-order valence-electron chi connectivity index (χ3n) is 3.79. The Morgan fingerprint density at radius 2 is 1.65 bits per heavy atom. The lowest BCUT2D eigenvalue weighted by Crippen LogP contribution is -2.07. The summed E-state index contributed by atoms with van der Waals surface area (Å²) in [6, 6.07) is 11.0. The van der Waals surface area contributed by atoms with Crippen molar-refractivity contribution in [2.24, 2.45) is 0 Å². The molecular weight excluding hydrogens is 291 g/mol. The van der Waals surface area contributed by atoms with E-state index in [1.807, 2.05) is 12.1 Å². The van der Waals surface area contributed by atoms with Gasteiger partial charge in [0.15, 0.2) is 5.78 Å². The third-order valence-corrected chi connectivity index (χ3v) is 4.33. The van der Waals surface area contributed by atoms with Crippen LogP contribution in [0.15, 0.2) is 36.4 Å². The van der Waals surface area contributed by atoms with Gasteiger partial charge in [-0.2, -0.15) is 0 Å². The van der Waals surface area contributed by atoms with E-state index < -0.39 is 0 Å². The number of hydrogen-bond acceptors (Lipinski definition) is 1. The maximum atomic E-state index is 12.5. The second kappa shape index (κ2) is 5.59. The van der Waals surface area contributed by atoms with Crippen LogP contribution in [0, 0.1) is 0 Å². The van der Waals surface area contributed by atoms with Crippen LogP contribution in [0.4, 0.5) is 0 Å². The largest absolute Gasteiger partial charge is 0.289 e. The van der Waals surface area contributed by atoms with Gasteiger partial charge in [-0.3, -0.25) is 4.79 Å². The molecule has 0 heterocycles. The average molecular weight is 305 g/mol. The quantitative estimate of drug-likeness (QED) is 0.705. The zero-order chi connectivity index (χ0) is 14.1. The van der Waals surface area contributed by atoms with Crippen LogP contribution in [0.1, 0.15) is 39.9 Å². The van der Waals surface area contributed by atoms with Crippen LogP contribution in [-0.4, -0.2) is 5.78 Å². The van der Waals surface area contributed by atoms with Gasteiger partial charge in [-0.1, -0.05) is 35.3 Å². The summed E-state index contributed by atoms with van der Waals surface area (Å²) in [7, 11) is 0. The van der Waals surface area contributed by atoms with Gasteiger partial charge in [-0.25, -0.2) is 0 Å². The van der Waals surface area contributed by atoms with Crippen molar-refractivity contribution >= 4 is 29.0 Å². The summed E-state index contributed by atoms with van der Waals surface area (Å²) in [4.78, 5) is 12.5. The van der Waals surface area contributed by atoms with Crippen molar-refractivity contribution in [2.45, 2.75) is 25.7 Å². The minimum atomic E-state index is -0.0416. The van der Waals surface area contributed by atoms with Gasteiger partial charge in [0.05, 0.1) is 5.02 Å². The first kappa shape index (κ1) is 13.7. The highest BCUT2D eigenvalue weighted by molar-refractivity contribution is 6.37. The van der Waals surface area contributed by atoms with E-state index in [1.165, 1.54) is 24.0 Å². The summed E-state index contributed by atoms with van der Waals surface area (Å²) < 4.78 is 0. The van der Waals surface area contributed by atoms with Crippen LogP contribution in [0.2, 0.25) is 10.0 Å². The Balaban J connectivity index is 1.98. The number of rotatable bonds is 2. The molecule has 0 spiro atoms. The molecule has 0 radical (unpaired) electrons. The molecule has 1 aliphatic rings. The van der Waals surface area contributed by atoms with Gasteiger partial charge >= 0.3 is 0 Å². The Morgan fingerprint density at radius 3 is 2.40 bits per heavy atom. The molecule has 3 rings (SSSR count). The number of halogens is 2. The molecule has 20 heavy (non-hydrogen) atoms. The van der Waals surface area contributed by atoms with Crippen molar-refractivity contribution in [3.05, 3.63) is 68.7 Å². The molecular formula is C17H14Cl2O. The molecule has 0 saturated carbocycles. The van der Waals surface area contributed by atoms with E-state index in [1.54, 1.807) is 18.2 Å². The van der Waals surface area contributed by atoms with Gasteiger partial charge in [0.1, 0.15) is 0 Å². The highest BCUT2D eigenvalue weighted by Crippen LogP contribution is 2.26. The molecule has 0 N–H and O–H groups in total. The highest BCUT2D eigenvalue weighted by Gasteiger charge is 2.16. The summed E-state index contributed by atoms with van der Waals surface area (Å²) in [6.45, 7) is 0.